The molecule has 0 fully saturated rings. The van der Waals surface area contributed by atoms with Crippen molar-refractivity contribution in [3.8, 4) is 5.88 Å². The molecule has 0 aliphatic carbocycles. The van der Waals surface area contributed by atoms with E-state index >= 15 is 0 Å². The van der Waals surface area contributed by atoms with E-state index < -0.39 is 11.9 Å². The van der Waals surface area contributed by atoms with Crippen molar-refractivity contribution >= 4 is 34.5 Å². The number of halogens is 1. The standard InChI is InChI=1S/C13H11IN2O4/c1-16-11(7-10(15-16)13(18)19-2)20-12(17)8-5-3-4-6-9(8)14/h3-7H,1-2H3. The zero-order valence-corrected chi connectivity index (χ0v) is 12.9. The van der Waals surface area contributed by atoms with Crippen molar-refractivity contribution in [2.45, 2.75) is 0 Å². The summed E-state index contributed by atoms with van der Waals surface area (Å²) in [7, 11) is 2.83. The number of rotatable bonds is 3. The Morgan fingerprint density at radius 2 is 1.95 bits per heavy atom. The van der Waals surface area contributed by atoms with Gasteiger partial charge >= 0.3 is 11.9 Å². The Bertz CT molecular complexity index is 666. The minimum absolute atomic E-state index is 0.0839. The molecule has 7 heteroatoms. The highest BCUT2D eigenvalue weighted by molar-refractivity contribution is 14.1. The average Bonchev–Trinajstić information content (AvgIpc) is 2.79. The molecule has 0 aliphatic rings. The van der Waals surface area contributed by atoms with Crippen molar-refractivity contribution in [1.29, 1.82) is 0 Å². The lowest BCUT2D eigenvalue weighted by Crippen LogP contribution is -2.12. The molecule has 1 aromatic carbocycles. The number of esters is 2. The molecular formula is C13H11IN2O4. The van der Waals surface area contributed by atoms with Gasteiger partial charge in [-0.05, 0) is 34.7 Å². The Kier molecular flexibility index (Phi) is 4.38. The second kappa shape index (κ2) is 6.04. The number of aromatic nitrogens is 2. The second-order valence-corrected chi connectivity index (χ2v) is 5.01. The van der Waals surface area contributed by atoms with E-state index in [1.807, 2.05) is 6.07 Å². The summed E-state index contributed by atoms with van der Waals surface area (Å²) in [5.41, 5.74) is 0.537. The zero-order chi connectivity index (χ0) is 14.7. The molecule has 1 heterocycles. The van der Waals surface area contributed by atoms with Crippen LogP contribution in [0.4, 0.5) is 0 Å². The van der Waals surface area contributed by atoms with Gasteiger partial charge in [0.25, 0.3) is 0 Å². The van der Waals surface area contributed by atoms with Crippen LogP contribution >= 0.6 is 22.6 Å². The van der Waals surface area contributed by atoms with Gasteiger partial charge in [0.15, 0.2) is 5.69 Å². The lowest BCUT2D eigenvalue weighted by molar-refractivity contribution is 0.0592. The first kappa shape index (κ1) is 14.5. The Labute approximate surface area is 128 Å². The molecular weight excluding hydrogens is 375 g/mol. The van der Waals surface area contributed by atoms with Gasteiger partial charge in [-0.1, -0.05) is 12.1 Å². The van der Waals surface area contributed by atoms with Crippen LogP contribution < -0.4 is 4.74 Å². The van der Waals surface area contributed by atoms with Crippen LogP contribution in [0.15, 0.2) is 30.3 Å². The summed E-state index contributed by atoms with van der Waals surface area (Å²) in [5.74, 6) is -0.915. The van der Waals surface area contributed by atoms with Crippen LogP contribution in [0, 0.1) is 3.57 Å². The highest BCUT2D eigenvalue weighted by Crippen LogP contribution is 2.17. The molecule has 0 radical (unpaired) electrons. The fourth-order valence-corrected chi connectivity index (χ4v) is 2.13. The van der Waals surface area contributed by atoms with Crippen LogP contribution in [0.2, 0.25) is 0 Å². The van der Waals surface area contributed by atoms with Crippen LogP contribution in [0.25, 0.3) is 0 Å². The van der Waals surface area contributed by atoms with Crippen LogP contribution in [0.5, 0.6) is 5.88 Å². The molecule has 104 valence electrons. The third kappa shape index (κ3) is 2.98. The van der Waals surface area contributed by atoms with Gasteiger partial charge in [0, 0.05) is 16.7 Å². The highest BCUT2D eigenvalue weighted by atomic mass is 127. The number of ether oxygens (including phenoxy) is 2. The van der Waals surface area contributed by atoms with Gasteiger partial charge in [0.2, 0.25) is 5.88 Å². The van der Waals surface area contributed by atoms with Gasteiger partial charge in [0.05, 0.1) is 12.7 Å². The summed E-state index contributed by atoms with van der Waals surface area (Å²) in [6.07, 6.45) is 0. The summed E-state index contributed by atoms with van der Waals surface area (Å²) in [6.45, 7) is 0. The van der Waals surface area contributed by atoms with E-state index in [4.69, 9.17) is 4.74 Å². The van der Waals surface area contributed by atoms with Crippen LogP contribution in [0.1, 0.15) is 20.8 Å². The van der Waals surface area contributed by atoms with Crippen molar-refractivity contribution < 1.29 is 19.1 Å². The fourth-order valence-electron chi connectivity index (χ4n) is 1.53. The number of aryl methyl sites for hydroxylation is 1. The third-order valence-corrected chi connectivity index (χ3v) is 3.46. The zero-order valence-electron chi connectivity index (χ0n) is 10.8. The predicted octanol–water partition coefficient (Wildman–Crippen LogP) is 2.03. The topological polar surface area (TPSA) is 70.4 Å². The maximum absolute atomic E-state index is 12.1. The van der Waals surface area contributed by atoms with E-state index in [9.17, 15) is 9.59 Å². The SMILES string of the molecule is COC(=O)c1cc(OC(=O)c2ccccc2I)n(C)n1. The Balaban J connectivity index is 2.22. The molecule has 1 aromatic heterocycles. The number of benzene rings is 1. The Morgan fingerprint density at radius 3 is 2.60 bits per heavy atom. The molecule has 0 saturated heterocycles. The third-order valence-electron chi connectivity index (χ3n) is 2.52. The molecule has 2 rings (SSSR count). The van der Waals surface area contributed by atoms with E-state index in [0.717, 1.165) is 3.57 Å². The maximum Gasteiger partial charge on any atom is 0.358 e. The lowest BCUT2D eigenvalue weighted by Gasteiger charge is -2.05. The molecule has 0 atom stereocenters. The first-order valence-electron chi connectivity index (χ1n) is 5.62. The first-order chi connectivity index (χ1) is 9.52. The van der Waals surface area contributed by atoms with E-state index in [1.54, 1.807) is 25.2 Å². The van der Waals surface area contributed by atoms with E-state index in [-0.39, 0.29) is 11.6 Å². The van der Waals surface area contributed by atoms with E-state index in [0.29, 0.717) is 5.56 Å². The van der Waals surface area contributed by atoms with Crippen LogP contribution in [0.3, 0.4) is 0 Å². The summed E-state index contributed by atoms with van der Waals surface area (Å²) in [4.78, 5) is 23.4. The normalized spacial score (nSPS) is 10.2. The molecule has 2 aromatic rings. The number of hydrogen-bond acceptors (Lipinski definition) is 5. The van der Waals surface area contributed by atoms with Crippen LogP contribution in [-0.4, -0.2) is 28.8 Å². The largest absolute Gasteiger partial charge is 0.464 e. The van der Waals surface area contributed by atoms with Gasteiger partial charge < -0.3 is 9.47 Å². The maximum atomic E-state index is 12.1. The summed E-state index contributed by atoms with van der Waals surface area (Å²) < 4.78 is 11.9. The number of nitrogens with zero attached hydrogens (tertiary/aromatic N) is 2. The van der Waals surface area contributed by atoms with Gasteiger partial charge in [-0.2, -0.15) is 5.10 Å². The van der Waals surface area contributed by atoms with Crippen molar-refractivity contribution in [3.63, 3.8) is 0 Å². The molecule has 0 aliphatic heterocycles. The second-order valence-electron chi connectivity index (χ2n) is 3.85. The average molecular weight is 386 g/mol. The number of hydrogen-bond donors (Lipinski definition) is 0. The molecule has 20 heavy (non-hydrogen) atoms. The molecule has 0 unspecified atom stereocenters. The van der Waals surface area contributed by atoms with E-state index in [1.165, 1.54) is 17.9 Å². The number of carbonyl (C=O) groups is 2. The van der Waals surface area contributed by atoms with Crippen molar-refractivity contribution in [3.05, 3.63) is 45.2 Å². The van der Waals surface area contributed by atoms with Crippen molar-refractivity contribution in [2.75, 3.05) is 7.11 Å². The monoisotopic (exact) mass is 386 g/mol. The number of methoxy groups -OCH3 is 1. The van der Waals surface area contributed by atoms with Crippen LogP contribution in [-0.2, 0) is 11.8 Å². The minimum atomic E-state index is -0.586. The Morgan fingerprint density at radius 1 is 1.25 bits per heavy atom. The predicted molar refractivity (Wildman–Crippen MR) is 78.7 cm³/mol. The molecule has 0 N–H and O–H groups in total. The van der Waals surface area contributed by atoms with Crippen molar-refractivity contribution in [1.82, 2.24) is 9.78 Å². The number of carbonyl (C=O) groups excluding carboxylic acids is 2. The van der Waals surface area contributed by atoms with Gasteiger partial charge in [-0.15, -0.1) is 0 Å². The fraction of sp³-hybridized carbons (Fsp3) is 0.154. The quantitative estimate of drug-likeness (QED) is 0.597. The molecule has 6 nitrogen and oxygen atoms in total. The lowest BCUT2D eigenvalue weighted by atomic mass is 10.2. The highest BCUT2D eigenvalue weighted by Gasteiger charge is 2.18. The minimum Gasteiger partial charge on any atom is -0.464 e. The van der Waals surface area contributed by atoms with Gasteiger partial charge in [0.1, 0.15) is 0 Å². The molecule has 0 spiro atoms. The van der Waals surface area contributed by atoms with Crippen molar-refractivity contribution in [2.24, 2.45) is 7.05 Å². The van der Waals surface area contributed by atoms with Gasteiger partial charge in [-0.3, -0.25) is 0 Å². The van der Waals surface area contributed by atoms with E-state index in [2.05, 4.69) is 32.4 Å². The molecule has 0 bridgehead atoms. The smallest absolute Gasteiger partial charge is 0.358 e. The summed E-state index contributed by atoms with van der Waals surface area (Å²) in [5, 5.41) is 3.91. The summed E-state index contributed by atoms with van der Waals surface area (Å²) in [6, 6.07) is 8.42. The molecule has 0 saturated carbocycles. The Hall–Kier alpha value is -1.90. The first-order valence-corrected chi connectivity index (χ1v) is 6.70. The van der Waals surface area contributed by atoms with Gasteiger partial charge in [-0.25, -0.2) is 14.3 Å². The molecule has 0 amide bonds. The summed E-state index contributed by atoms with van der Waals surface area (Å²) >= 11 is 2.05.